The Balaban J connectivity index is 1.82. The first-order valence-electron chi connectivity index (χ1n) is 6.45. The summed E-state index contributed by atoms with van der Waals surface area (Å²) in [6.45, 7) is 1.85. The zero-order valence-corrected chi connectivity index (χ0v) is 13.2. The van der Waals surface area contributed by atoms with Crippen LogP contribution < -0.4 is 5.32 Å². The SMILES string of the molecule is O=C(c1cc(Cl)cc(F)c1Br)N1CCN2C(=O)NCC2C1. The maximum Gasteiger partial charge on any atom is 0.317 e. The first-order valence-corrected chi connectivity index (χ1v) is 7.63. The Kier molecular flexibility index (Phi) is 3.79. The van der Waals surface area contributed by atoms with Gasteiger partial charge >= 0.3 is 6.03 Å². The van der Waals surface area contributed by atoms with Crippen LogP contribution in [0, 0.1) is 5.82 Å². The second-order valence-corrected chi connectivity index (χ2v) is 6.26. The fourth-order valence-corrected chi connectivity index (χ4v) is 3.27. The Morgan fingerprint density at radius 3 is 2.95 bits per heavy atom. The van der Waals surface area contributed by atoms with Gasteiger partial charge in [0.1, 0.15) is 5.82 Å². The molecule has 3 amide bonds. The summed E-state index contributed by atoms with van der Waals surface area (Å²) in [5.74, 6) is -0.857. The molecule has 2 aliphatic rings. The topological polar surface area (TPSA) is 52.7 Å². The first kappa shape index (κ1) is 14.6. The smallest absolute Gasteiger partial charge is 0.317 e. The van der Waals surface area contributed by atoms with Crippen LogP contribution in [0.1, 0.15) is 10.4 Å². The Morgan fingerprint density at radius 2 is 2.19 bits per heavy atom. The number of carbonyl (C=O) groups excluding carboxylic acids is 2. The lowest BCUT2D eigenvalue weighted by molar-refractivity contribution is 0.0615. The molecular weight excluding hydrogens is 365 g/mol. The predicted molar refractivity (Wildman–Crippen MR) is 78.9 cm³/mol. The molecule has 0 bridgehead atoms. The number of halogens is 3. The van der Waals surface area contributed by atoms with Crippen molar-refractivity contribution in [2.75, 3.05) is 26.2 Å². The number of rotatable bonds is 1. The van der Waals surface area contributed by atoms with Crippen LogP contribution in [0.15, 0.2) is 16.6 Å². The van der Waals surface area contributed by atoms with Crippen molar-refractivity contribution >= 4 is 39.5 Å². The minimum atomic E-state index is -0.567. The van der Waals surface area contributed by atoms with Gasteiger partial charge < -0.3 is 15.1 Å². The number of nitrogens with zero attached hydrogens (tertiary/aromatic N) is 2. The number of fused-ring (bicyclic) bond motifs is 1. The lowest BCUT2D eigenvalue weighted by Crippen LogP contribution is -2.53. The molecule has 3 rings (SSSR count). The first-order chi connectivity index (χ1) is 9.97. The van der Waals surface area contributed by atoms with Gasteiger partial charge in [0, 0.05) is 31.2 Å². The van der Waals surface area contributed by atoms with Crippen LogP contribution in [0.25, 0.3) is 0 Å². The van der Waals surface area contributed by atoms with Crippen LogP contribution >= 0.6 is 27.5 Å². The highest BCUT2D eigenvalue weighted by atomic mass is 79.9. The van der Waals surface area contributed by atoms with Gasteiger partial charge in [-0.25, -0.2) is 9.18 Å². The third-order valence-corrected chi connectivity index (χ3v) is 4.77. The molecular formula is C13H12BrClFN3O2. The highest BCUT2D eigenvalue weighted by Gasteiger charge is 2.37. The Hall–Kier alpha value is -1.34. The molecule has 0 radical (unpaired) electrons. The van der Waals surface area contributed by atoms with Crippen molar-refractivity contribution in [3.8, 4) is 0 Å². The summed E-state index contributed by atoms with van der Waals surface area (Å²) in [5, 5.41) is 2.93. The zero-order valence-electron chi connectivity index (χ0n) is 10.9. The average Bonchev–Trinajstić information content (AvgIpc) is 2.83. The van der Waals surface area contributed by atoms with E-state index in [4.69, 9.17) is 11.6 Å². The number of urea groups is 1. The molecule has 1 unspecified atom stereocenters. The van der Waals surface area contributed by atoms with E-state index in [2.05, 4.69) is 21.2 Å². The molecule has 112 valence electrons. The lowest BCUT2D eigenvalue weighted by atomic mass is 10.1. The third-order valence-electron chi connectivity index (χ3n) is 3.74. The van der Waals surface area contributed by atoms with Crippen molar-refractivity contribution in [2.45, 2.75) is 6.04 Å². The van der Waals surface area contributed by atoms with Crippen LogP contribution in [-0.2, 0) is 0 Å². The van der Waals surface area contributed by atoms with Gasteiger partial charge in [-0.3, -0.25) is 4.79 Å². The molecule has 2 saturated heterocycles. The molecule has 0 spiro atoms. The summed E-state index contributed by atoms with van der Waals surface area (Å²) in [5.41, 5.74) is 0.200. The number of nitrogens with one attached hydrogen (secondary N) is 1. The quantitative estimate of drug-likeness (QED) is 0.763. The van der Waals surface area contributed by atoms with Gasteiger partial charge in [-0.05, 0) is 28.1 Å². The molecule has 2 heterocycles. The monoisotopic (exact) mass is 375 g/mol. The lowest BCUT2D eigenvalue weighted by Gasteiger charge is -2.36. The van der Waals surface area contributed by atoms with E-state index in [-0.39, 0.29) is 33.0 Å². The maximum atomic E-state index is 13.7. The van der Waals surface area contributed by atoms with E-state index in [1.165, 1.54) is 6.07 Å². The standard InChI is InChI=1S/C13H12BrClFN3O2/c14-11-9(3-7(15)4-10(11)16)12(20)18-1-2-19-8(6-18)5-17-13(19)21/h3-4,8H,1-2,5-6H2,(H,17,21). The van der Waals surface area contributed by atoms with E-state index in [1.54, 1.807) is 9.80 Å². The molecule has 1 N–H and O–H groups in total. The molecule has 0 aromatic heterocycles. The minimum absolute atomic E-state index is 0.0296. The second kappa shape index (κ2) is 5.46. The fourth-order valence-electron chi connectivity index (χ4n) is 2.67. The van der Waals surface area contributed by atoms with Crippen molar-refractivity contribution in [3.63, 3.8) is 0 Å². The number of hydrogen-bond donors (Lipinski definition) is 1. The average molecular weight is 377 g/mol. The molecule has 2 aliphatic heterocycles. The molecule has 8 heteroatoms. The molecule has 1 atom stereocenters. The summed E-state index contributed by atoms with van der Waals surface area (Å²) >= 11 is 8.91. The molecule has 21 heavy (non-hydrogen) atoms. The molecule has 0 aliphatic carbocycles. The van der Waals surface area contributed by atoms with E-state index >= 15 is 0 Å². The van der Waals surface area contributed by atoms with Crippen LogP contribution in [0.5, 0.6) is 0 Å². The molecule has 5 nitrogen and oxygen atoms in total. The van der Waals surface area contributed by atoms with Gasteiger partial charge in [0.2, 0.25) is 0 Å². The fraction of sp³-hybridized carbons (Fsp3) is 0.385. The number of piperazine rings is 1. The van der Waals surface area contributed by atoms with Gasteiger partial charge in [0.05, 0.1) is 16.1 Å². The summed E-state index contributed by atoms with van der Waals surface area (Å²) in [6.07, 6.45) is 0. The molecule has 1 aromatic carbocycles. The Labute approximate surface area is 134 Å². The minimum Gasteiger partial charge on any atom is -0.336 e. The van der Waals surface area contributed by atoms with Crippen molar-refractivity contribution in [3.05, 3.63) is 33.0 Å². The van der Waals surface area contributed by atoms with E-state index in [0.717, 1.165) is 6.07 Å². The largest absolute Gasteiger partial charge is 0.336 e. The van der Waals surface area contributed by atoms with Crippen molar-refractivity contribution in [1.82, 2.24) is 15.1 Å². The van der Waals surface area contributed by atoms with Crippen LogP contribution in [-0.4, -0.2) is 54.0 Å². The van der Waals surface area contributed by atoms with Gasteiger partial charge in [-0.15, -0.1) is 0 Å². The highest BCUT2D eigenvalue weighted by molar-refractivity contribution is 9.10. The highest BCUT2D eigenvalue weighted by Crippen LogP contribution is 2.27. The Morgan fingerprint density at radius 1 is 1.43 bits per heavy atom. The zero-order chi connectivity index (χ0) is 15.1. The normalized spacial score (nSPS) is 21.3. The van der Waals surface area contributed by atoms with E-state index < -0.39 is 5.82 Å². The number of carbonyl (C=O) groups is 2. The van der Waals surface area contributed by atoms with Gasteiger partial charge in [0.25, 0.3) is 5.91 Å². The van der Waals surface area contributed by atoms with E-state index in [0.29, 0.717) is 26.2 Å². The van der Waals surface area contributed by atoms with Gasteiger partial charge in [-0.2, -0.15) is 0 Å². The number of benzene rings is 1. The Bertz CT molecular complexity index is 628. The van der Waals surface area contributed by atoms with Crippen molar-refractivity contribution in [2.24, 2.45) is 0 Å². The van der Waals surface area contributed by atoms with Crippen LogP contribution in [0.2, 0.25) is 5.02 Å². The van der Waals surface area contributed by atoms with E-state index in [9.17, 15) is 14.0 Å². The van der Waals surface area contributed by atoms with Crippen molar-refractivity contribution in [1.29, 1.82) is 0 Å². The third kappa shape index (κ3) is 2.60. The van der Waals surface area contributed by atoms with Crippen LogP contribution in [0.3, 0.4) is 0 Å². The van der Waals surface area contributed by atoms with Gasteiger partial charge in [0.15, 0.2) is 0 Å². The summed E-state index contributed by atoms with van der Waals surface area (Å²) in [6, 6.07) is 2.47. The van der Waals surface area contributed by atoms with E-state index in [1.807, 2.05) is 0 Å². The molecule has 0 saturated carbocycles. The molecule has 2 fully saturated rings. The maximum absolute atomic E-state index is 13.7. The summed E-state index contributed by atoms with van der Waals surface area (Å²) < 4.78 is 13.8. The molecule has 1 aromatic rings. The summed E-state index contributed by atoms with van der Waals surface area (Å²) in [4.78, 5) is 27.4. The van der Waals surface area contributed by atoms with Crippen LogP contribution in [0.4, 0.5) is 9.18 Å². The number of hydrogen-bond acceptors (Lipinski definition) is 2. The predicted octanol–water partition coefficient (Wildman–Crippen LogP) is 2.09. The second-order valence-electron chi connectivity index (χ2n) is 5.03. The van der Waals surface area contributed by atoms with Gasteiger partial charge in [-0.1, -0.05) is 11.6 Å². The van der Waals surface area contributed by atoms with Crippen molar-refractivity contribution < 1.29 is 14.0 Å². The summed E-state index contributed by atoms with van der Waals surface area (Å²) in [7, 11) is 0. The number of amides is 3.